The van der Waals surface area contributed by atoms with Gasteiger partial charge in [0.05, 0.1) is 11.0 Å². The normalized spacial score (nSPS) is 11.6. The molecule has 7 heteroatoms. The molecule has 120 valence electrons. The Morgan fingerprint density at radius 1 is 1.26 bits per heavy atom. The van der Waals surface area contributed by atoms with E-state index in [2.05, 4.69) is 10.6 Å². The van der Waals surface area contributed by atoms with Crippen LogP contribution in [0.2, 0.25) is 0 Å². The average Bonchev–Trinajstić information content (AvgIpc) is 2.55. The van der Waals surface area contributed by atoms with Gasteiger partial charge in [0.15, 0.2) is 5.11 Å². The SMILES string of the molecule is Cc1ccccc1NC(=S)NCC(O)c1ccc([N+](=O)[O-])cc1. The molecule has 2 aromatic carbocycles. The fraction of sp³-hybridized carbons (Fsp3) is 0.188. The Morgan fingerprint density at radius 3 is 2.52 bits per heavy atom. The fourth-order valence-corrected chi connectivity index (χ4v) is 2.20. The molecule has 0 aliphatic heterocycles. The molecule has 23 heavy (non-hydrogen) atoms. The lowest BCUT2D eigenvalue weighted by Gasteiger charge is -2.15. The third-order valence-corrected chi connectivity index (χ3v) is 3.58. The van der Waals surface area contributed by atoms with Crippen molar-refractivity contribution in [3.8, 4) is 0 Å². The first-order valence-corrected chi connectivity index (χ1v) is 7.41. The molecular weight excluding hydrogens is 314 g/mol. The van der Waals surface area contributed by atoms with Crippen molar-refractivity contribution in [1.82, 2.24) is 5.32 Å². The van der Waals surface area contributed by atoms with Gasteiger partial charge < -0.3 is 15.7 Å². The summed E-state index contributed by atoms with van der Waals surface area (Å²) in [6.07, 6.45) is -0.813. The molecule has 0 amide bonds. The number of para-hydroxylation sites is 1. The van der Waals surface area contributed by atoms with E-state index in [4.69, 9.17) is 12.2 Å². The van der Waals surface area contributed by atoms with Gasteiger partial charge in [0.25, 0.3) is 5.69 Å². The Labute approximate surface area is 139 Å². The number of hydrogen-bond acceptors (Lipinski definition) is 4. The van der Waals surface area contributed by atoms with Gasteiger partial charge in [0, 0.05) is 24.4 Å². The Morgan fingerprint density at radius 2 is 1.91 bits per heavy atom. The van der Waals surface area contributed by atoms with Crippen LogP contribution in [-0.4, -0.2) is 21.7 Å². The predicted octanol–water partition coefficient (Wildman–Crippen LogP) is 2.92. The molecule has 1 unspecified atom stereocenters. The lowest BCUT2D eigenvalue weighted by molar-refractivity contribution is -0.384. The fourth-order valence-electron chi connectivity index (χ4n) is 2.01. The number of nitro benzene ring substituents is 1. The first-order valence-electron chi connectivity index (χ1n) is 7.00. The maximum Gasteiger partial charge on any atom is 0.269 e. The number of aliphatic hydroxyl groups is 1. The second-order valence-electron chi connectivity index (χ2n) is 5.01. The van der Waals surface area contributed by atoms with E-state index in [9.17, 15) is 15.2 Å². The van der Waals surface area contributed by atoms with Crippen LogP contribution < -0.4 is 10.6 Å². The van der Waals surface area contributed by atoms with Crippen molar-refractivity contribution in [2.75, 3.05) is 11.9 Å². The zero-order valence-corrected chi connectivity index (χ0v) is 13.3. The van der Waals surface area contributed by atoms with Gasteiger partial charge in [0.1, 0.15) is 0 Å². The van der Waals surface area contributed by atoms with Crippen molar-refractivity contribution in [3.05, 3.63) is 69.8 Å². The minimum atomic E-state index is -0.813. The lowest BCUT2D eigenvalue weighted by atomic mass is 10.1. The number of anilines is 1. The van der Waals surface area contributed by atoms with E-state index >= 15 is 0 Å². The molecule has 0 spiro atoms. The third-order valence-electron chi connectivity index (χ3n) is 3.34. The highest BCUT2D eigenvalue weighted by Crippen LogP contribution is 2.17. The van der Waals surface area contributed by atoms with Gasteiger partial charge in [0.2, 0.25) is 0 Å². The number of nitro groups is 1. The summed E-state index contributed by atoms with van der Waals surface area (Å²) >= 11 is 5.20. The van der Waals surface area contributed by atoms with E-state index in [1.54, 1.807) is 0 Å². The van der Waals surface area contributed by atoms with Crippen molar-refractivity contribution in [1.29, 1.82) is 0 Å². The summed E-state index contributed by atoms with van der Waals surface area (Å²) < 4.78 is 0. The number of rotatable bonds is 5. The van der Waals surface area contributed by atoms with Crippen LogP contribution in [0.5, 0.6) is 0 Å². The number of nitrogens with one attached hydrogen (secondary N) is 2. The molecule has 1 atom stereocenters. The van der Waals surface area contributed by atoms with Crippen LogP contribution in [0.15, 0.2) is 48.5 Å². The minimum absolute atomic E-state index is 0.00866. The quantitative estimate of drug-likeness (QED) is 0.444. The Hall–Kier alpha value is -2.51. The second kappa shape index (κ2) is 7.66. The molecule has 0 aliphatic rings. The Bertz CT molecular complexity index is 704. The number of aliphatic hydroxyl groups excluding tert-OH is 1. The number of nitrogens with zero attached hydrogens (tertiary/aromatic N) is 1. The maximum absolute atomic E-state index is 10.6. The standard InChI is InChI=1S/C16H17N3O3S/c1-11-4-2-3-5-14(11)18-16(23)17-10-15(20)12-6-8-13(9-7-12)19(21)22/h2-9,15,20H,10H2,1H3,(H2,17,18,23). The molecule has 0 aromatic heterocycles. The van der Waals surface area contributed by atoms with Gasteiger partial charge in [-0.05, 0) is 48.5 Å². The summed E-state index contributed by atoms with van der Waals surface area (Å²) in [6, 6.07) is 13.5. The molecule has 0 bridgehead atoms. The highest BCUT2D eigenvalue weighted by Gasteiger charge is 2.11. The summed E-state index contributed by atoms with van der Waals surface area (Å²) in [5, 5.41) is 27.1. The van der Waals surface area contributed by atoms with Crippen LogP contribution in [0.3, 0.4) is 0 Å². The maximum atomic E-state index is 10.6. The van der Waals surface area contributed by atoms with Crippen molar-refractivity contribution in [3.63, 3.8) is 0 Å². The van der Waals surface area contributed by atoms with Crippen molar-refractivity contribution < 1.29 is 10.0 Å². The molecule has 0 saturated heterocycles. The van der Waals surface area contributed by atoms with E-state index in [-0.39, 0.29) is 12.2 Å². The number of hydrogen-bond donors (Lipinski definition) is 3. The van der Waals surface area contributed by atoms with Crippen LogP contribution in [0.1, 0.15) is 17.2 Å². The van der Waals surface area contributed by atoms with Crippen molar-refractivity contribution in [2.24, 2.45) is 0 Å². The molecule has 0 heterocycles. The van der Waals surface area contributed by atoms with E-state index in [1.165, 1.54) is 24.3 Å². The highest BCUT2D eigenvalue weighted by molar-refractivity contribution is 7.80. The largest absolute Gasteiger partial charge is 0.387 e. The number of thiocarbonyl (C=S) groups is 1. The summed E-state index contributed by atoms with van der Waals surface area (Å²) in [7, 11) is 0. The lowest BCUT2D eigenvalue weighted by Crippen LogP contribution is -2.32. The Balaban J connectivity index is 1.88. The first-order chi connectivity index (χ1) is 11.0. The molecular formula is C16H17N3O3S. The summed E-state index contributed by atoms with van der Waals surface area (Å²) in [6.45, 7) is 2.17. The van der Waals surface area contributed by atoms with Gasteiger partial charge >= 0.3 is 0 Å². The average molecular weight is 331 g/mol. The van der Waals surface area contributed by atoms with Crippen LogP contribution in [0, 0.1) is 17.0 Å². The van der Waals surface area contributed by atoms with Crippen molar-refractivity contribution >= 4 is 28.7 Å². The number of aryl methyl sites for hydroxylation is 1. The topological polar surface area (TPSA) is 87.4 Å². The molecule has 2 rings (SSSR count). The number of benzene rings is 2. The van der Waals surface area contributed by atoms with Crippen LogP contribution >= 0.6 is 12.2 Å². The van der Waals surface area contributed by atoms with Gasteiger partial charge in [-0.3, -0.25) is 10.1 Å². The van der Waals surface area contributed by atoms with Gasteiger partial charge in [-0.2, -0.15) is 0 Å². The smallest absolute Gasteiger partial charge is 0.269 e. The zero-order valence-electron chi connectivity index (χ0n) is 12.5. The first kappa shape index (κ1) is 16.9. The summed E-state index contributed by atoms with van der Waals surface area (Å²) in [5.41, 5.74) is 2.54. The third kappa shape index (κ3) is 4.73. The molecule has 6 nitrogen and oxygen atoms in total. The van der Waals surface area contributed by atoms with E-state index < -0.39 is 11.0 Å². The molecule has 2 aromatic rings. The monoisotopic (exact) mass is 331 g/mol. The van der Waals surface area contributed by atoms with Crippen molar-refractivity contribution in [2.45, 2.75) is 13.0 Å². The minimum Gasteiger partial charge on any atom is -0.387 e. The molecule has 0 radical (unpaired) electrons. The Kier molecular flexibility index (Phi) is 5.61. The van der Waals surface area contributed by atoms with E-state index in [0.717, 1.165) is 11.3 Å². The van der Waals surface area contributed by atoms with Gasteiger partial charge in [-0.1, -0.05) is 18.2 Å². The molecule has 0 saturated carbocycles. The van der Waals surface area contributed by atoms with Crippen LogP contribution in [-0.2, 0) is 0 Å². The van der Waals surface area contributed by atoms with Crippen LogP contribution in [0.4, 0.5) is 11.4 Å². The predicted molar refractivity (Wildman–Crippen MR) is 93.5 cm³/mol. The summed E-state index contributed by atoms with van der Waals surface area (Å²) in [4.78, 5) is 10.1. The molecule has 0 aliphatic carbocycles. The summed E-state index contributed by atoms with van der Waals surface area (Å²) in [5.74, 6) is 0. The zero-order chi connectivity index (χ0) is 16.8. The molecule has 3 N–H and O–H groups in total. The molecule has 0 fully saturated rings. The number of non-ortho nitro benzene ring substituents is 1. The highest BCUT2D eigenvalue weighted by atomic mass is 32.1. The van der Waals surface area contributed by atoms with E-state index in [1.807, 2.05) is 31.2 Å². The van der Waals surface area contributed by atoms with Crippen LogP contribution in [0.25, 0.3) is 0 Å². The van der Waals surface area contributed by atoms with Gasteiger partial charge in [-0.15, -0.1) is 0 Å². The van der Waals surface area contributed by atoms with E-state index in [0.29, 0.717) is 10.7 Å². The van der Waals surface area contributed by atoms with Gasteiger partial charge in [-0.25, -0.2) is 0 Å². The second-order valence-corrected chi connectivity index (χ2v) is 5.42.